The van der Waals surface area contributed by atoms with Crippen LogP contribution in [0.3, 0.4) is 0 Å². The smallest absolute Gasteiger partial charge is 0.340 e. The Morgan fingerprint density at radius 3 is 2.35 bits per heavy atom. The molecular formula is C20H20BrNO4. The second-order valence-corrected chi connectivity index (χ2v) is 6.53. The topological polar surface area (TPSA) is 49.7 Å². The van der Waals surface area contributed by atoms with Crippen LogP contribution in [0.5, 0.6) is 11.5 Å². The number of para-hydroxylation sites is 1. The van der Waals surface area contributed by atoms with Gasteiger partial charge in [0.15, 0.2) is 11.5 Å². The van der Waals surface area contributed by atoms with E-state index in [2.05, 4.69) is 15.9 Å². The number of benzene rings is 2. The largest absolute Gasteiger partial charge is 0.492 e. The molecule has 0 unspecified atom stereocenters. The highest BCUT2D eigenvalue weighted by Crippen LogP contribution is 2.45. The molecule has 0 amide bonds. The van der Waals surface area contributed by atoms with Crippen molar-refractivity contribution in [3.63, 3.8) is 0 Å². The number of fused-ring (bicyclic) bond motifs is 1. The molecule has 5 nitrogen and oxygen atoms in total. The van der Waals surface area contributed by atoms with Gasteiger partial charge in [-0.1, -0.05) is 18.2 Å². The number of methoxy groups -OCH3 is 2. The number of ether oxygens (including phenoxy) is 3. The summed E-state index contributed by atoms with van der Waals surface area (Å²) < 4.78 is 19.2. The number of nitrogens with zero attached hydrogens (tertiary/aromatic N) is 1. The fourth-order valence-corrected chi connectivity index (χ4v) is 3.79. The quantitative estimate of drug-likeness (QED) is 0.554. The normalized spacial score (nSPS) is 10.8. The highest BCUT2D eigenvalue weighted by molar-refractivity contribution is 9.10. The number of carbonyl (C=O) groups excluding carboxylic acids is 1. The predicted octanol–water partition coefficient (Wildman–Crippen LogP) is 4.90. The number of aromatic nitrogens is 1. The van der Waals surface area contributed by atoms with Crippen LogP contribution in [0, 0.1) is 6.92 Å². The lowest BCUT2D eigenvalue weighted by Crippen LogP contribution is -2.07. The number of rotatable bonds is 5. The Hall–Kier alpha value is -2.47. The Labute approximate surface area is 160 Å². The molecule has 6 heteroatoms. The third-order valence-corrected chi connectivity index (χ3v) is 4.85. The van der Waals surface area contributed by atoms with E-state index < -0.39 is 0 Å². The second kappa shape index (κ2) is 7.41. The van der Waals surface area contributed by atoms with Crippen molar-refractivity contribution in [1.29, 1.82) is 0 Å². The Morgan fingerprint density at radius 1 is 1.12 bits per heavy atom. The molecule has 0 saturated carbocycles. The molecule has 3 aromatic rings. The predicted molar refractivity (Wildman–Crippen MR) is 105 cm³/mol. The first-order valence-corrected chi connectivity index (χ1v) is 9.02. The fraction of sp³-hybridized carbons (Fsp3) is 0.250. The SMILES string of the molecule is CCOC(=O)c1c(C)n(-c2ccccc2)c2cc(Br)c(OC)c(OC)c12. The molecule has 1 heterocycles. The van der Waals surface area contributed by atoms with E-state index in [1.165, 1.54) is 0 Å². The fourth-order valence-electron chi connectivity index (χ4n) is 3.24. The van der Waals surface area contributed by atoms with E-state index in [0.717, 1.165) is 21.4 Å². The molecule has 0 radical (unpaired) electrons. The van der Waals surface area contributed by atoms with Crippen molar-refractivity contribution in [2.75, 3.05) is 20.8 Å². The van der Waals surface area contributed by atoms with Crippen molar-refractivity contribution >= 4 is 32.8 Å². The minimum Gasteiger partial charge on any atom is -0.492 e. The molecule has 0 fully saturated rings. The number of hydrogen-bond donors (Lipinski definition) is 0. The van der Waals surface area contributed by atoms with E-state index in [-0.39, 0.29) is 5.97 Å². The van der Waals surface area contributed by atoms with Crippen molar-refractivity contribution in [2.45, 2.75) is 13.8 Å². The third kappa shape index (κ3) is 2.84. The Balaban J connectivity index is 2.48. The van der Waals surface area contributed by atoms with Crippen LogP contribution in [0.25, 0.3) is 16.6 Å². The molecule has 0 bridgehead atoms. The third-order valence-electron chi connectivity index (χ3n) is 4.26. The van der Waals surface area contributed by atoms with Crippen molar-refractivity contribution in [3.8, 4) is 17.2 Å². The van der Waals surface area contributed by atoms with Crippen LogP contribution in [-0.4, -0.2) is 31.4 Å². The standard InChI is InChI=1S/C20H20BrNO4/c1-5-26-20(23)16-12(2)22(13-9-7-6-8-10-13)15-11-14(21)18(24-3)19(25-4)17(15)16/h6-11H,5H2,1-4H3. The molecule has 0 N–H and O–H groups in total. The zero-order valence-corrected chi connectivity index (χ0v) is 16.7. The number of carbonyl (C=O) groups is 1. The molecule has 0 aliphatic carbocycles. The summed E-state index contributed by atoms with van der Waals surface area (Å²) in [5, 5.41) is 0.673. The first kappa shape index (κ1) is 18.3. The van der Waals surface area contributed by atoms with Crippen molar-refractivity contribution in [1.82, 2.24) is 4.57 Å². The highest BCUT2D eigenvalue weighted by atomic mass is 79.9. The van der Waals surface area contributed by atoms with Crippen LogP contribution in [0.15, 0.2) is 40.9 Å². The zero-order chi connectivity index (χ0) is 18.8. The molecule has 0 aliphatic rings. The van der Waals surface area contributed by atoms with E-state index in [0.29, 0.717) is 29.1 Å². The van der Waals surface area contributed by atoms with Crippen molar-refractivity contribution in [3.05, 3.63) is 52.1 Å². The number of esters is 1. The second-order valence-electron chi connectivity index (χ2n) is 5.67. The monoisotopic (exact) mass is 417 g/mol. The van der Waals surface area contributed by atoms with Gasteiger partial charge in [0.25, 0.3) is 0 Å². The average Bonchev–Trinajstić information content (AvgIpc) is 2.93. The highest BCUT2D eigenvalue weighted by Gasteiger charge is 2.28. The van der Waals surface area contributed by atoms with E-state index >= 15 is 0 Å². The maximum Gasteiger partial charge on any atom is 0.340 e. The van der Waals surface area contributed by atoms with Crippen LogP contribution in [0.4, 0.5) is 0 Å². The zero-order valence-electron chi connectivity index (χ0n) is 15.1. The summed E-state index contributed by atoms with van der Waals surface area (Å²) in [4.78, 5) is 12.7. The van der Waals surface area contributed by atoms with Crippen LogP contribution < -0.4 is 9.47 Å². The maximum absolute atomic E-state index is 12.7. The summed E-state index contributed by atoms with van der Waals surface area (Å²) >= 11 is 3.54. The molecule has 3 rings (SSSR count). The molecule has 0 saturated heterocycles. The van der Waals surface area contributed by atoms with Gasteiger partial charge in [-0.3, -0.25) is 0 Å². The number of halogens is 1. The van der Waals surface area contributed by atoms with E-state index in [9.17, 15) is 4.79 Å². The Bertz CT molecular complexity index is 963. The van der Waals surface area contributed by atoms with Crippen LogP contribution >= 0.6 is 15.9 Å². The summed E-state index contributed by atoms with van der Waals surface area (Å²) in [6.45, 7) is 3.99. The summed E-state index contributed by atoms with van der Waals surface area (Å²) in [7, 11) is 3.13. The van der Waals surface area contributed by atoms with Crippen LogP contribution in [-0.2, 0) is 4.74 Å². The minimum atomic E-state index is -0.382. The lowest BCUT2D eigenvalue weighted by Gasteiger charge is -2.13. The van der Waals surface area contributed by atoms with Gasteiger partial charge < -0.3 is 18.8 Å². The summed E-state index contributed by atoms with van der Waals surface area (Å²) in [6.07, 6.45) is 0. The molecule has 136 valence electrons. The summed E-state index contributed by atoms with van der Waals surface area (Å²) in [5.74, 6) is 0.654. The van der Waals surface area contributed by atoms with Crippen LogP contribution in [0.1, 0.15) is 23.0 Å². The lowest BCUT2D eigenvalue weighted by atomic mass is 10.1. The van der Waals surface area contributed by atoms with Crippen LogP contribution in [0.2, 0.25) is 0 Å². The van der Waals surface area contributed by atoms with Gasteiger partial charge in [0.2, 0.25) is 0 Å². The first-order valence-electron chi connectivity index (χ1n) is 8.23. The summed E-state index contributed by atoms with van der Waals surface area (Å²) in [5.41, 5.74) is 3.04. The Morgan fingerprint density at radius 2 is 1.77 bits per heavy atom. The molecule has 2 aromatic carbocycles. The molecule has 0 spiro atoms. The van der Waals surface area contributed by atoms with Gasteiger partial charge in [0, 0.05) is 11.4 Å². The first-order chi connectivity index (χ1) is 12.5. The minimum absolute atomic E-state index is 0.298. The van der Waals surface area contributed by atoms with E-state index in [1.54, 1.807) is 21.1 Å². The van der Waals surface area contributed by atoms with Gasteiger partial charge in [-0.05, 0) is 48.0 Å². The molecule has 26 heavy (non-hydrogen) atoms. The Kier molecular flexibility index (Phi) is 5.23. The number of hydrogen-bond acceptors (Lipinski definition) is 4. The van der Waals surface area contributed by atoms with E-state index in [4.69, 9.17) is 14.2 Å². The molecule has 1 aromatic heterocycles. The van der Waals surface area contributed by atoms with Crippen molar-refractivity contribution < 1.29 is 19.0 Å². The van der Waals surface area contributed by atoms with Gasteiger partial charge in [0.05, 0.1) is 41.8 Å². The summed E-state index contributed by atoms with van der Waals surface area (Å²) in [6, 6.07) is 11.8. The van der Waals surface area contributed by atoms with E-state index in [1.807, 2.05) is 47.9 Å². The average molecular weight is 418 g/mol. The van der Waals surface area contributed by atoms with Gasteiger partial charge in [-0.2, -0.15) is 0 Å². The molecule has 0 atom stereocenters. The van der Waals surface area contributed by atoms with Gasteiger partial charge in [0.1, 0.15) is 0 Å². The van der Waals surface area contributed by atoms with Gasteiger partial charge >= 0.3 is 5.97 Å². The maximum atomic E-state index is 12.7. The molecular weight excluding hydrogens is 398 g/mol. The van der Waals surface area contributed by atoms with Gasteiger partial charge in [-0.15, -0.1) is 0 Å². The van der Waals surface area contributed by atoms with Crippen molar-refractivity contribution in [2.24, 2.45) is 0 Å². The molecule has 0 aliphatic heterocycles. The lowest BCUT2D eigenvalue weighted by molar-refractivity contribution is 0.0527. The van der Waals surface area contributed by atoms with Gasteiger partial charge in [-0.25, -0.2) is 4.79 Å².